The fourth-order valence-electron chi connectivity index (χ4n) is 2.77. The summed E-state index contributed by atoms with van der Waals surface area (Å²) in [6.07, 6.45) is 1.48. The highest BCUT2D eigenvalue weighted by molar-refractivity contribution is 5.94. The molecule has 0 bridgehead atoms. The first kappa shape index (κ1) is 16.8. The summed E-state index contributed by atoms with van der Waals surface area (Å²) in [5.74, 6) is -2.04. The first-order chi connectivity index (χ1) is 10.4. The second-order valence-corrected chi connectivity index (χ2v) is 5.93. The lowest BCUT2D eigenvalue weighted by molar-refractivity contribution is -0.121. The van der Waals surface area contributed by atoms with E-state index in [1.807, 2.05) is 4.90 Å². The fourth-order valence-corrected chi connectivity index (χ4v) is 2.77. The van der Waals surface area contributed by atoms with E-state index in [1.165, 1.54) is 6.07 Å². The molecule has 0 spiro atoms. The van der Waals surface area contributed by atoms with E-state index < -0.39 is 23.8 Å². The van der Waals surface area contributed by atoms with Gasteiger partial charge in [-0.2, -0.15) is 0 Å². The van der Waals surface area contributed by atoms with Crippen molar-refractivity contribution in [2.75, 3.05) is 18.4 Å². The molecule has 4 nitrogen and oxygen atoms in total. The van der Waals surface area contributed by atoms with Crippen LogP contribution in [0.15, 0.2) is 18.2 Å². The Hall–Kier alpha value is -1.53. The van der Waals surface area contributed by atoms with Gasteiger partial charge in [-0.25, -0.2) is 8.78 Å². The number of halogens is 2. The summed E-state index contributed by atoms with van der Waals surface area (Å²) < 4.78 is 26.0. The molecule has 1 amide bonds. The number of aliphatic hydroxyl groups excluding tert-OH is 1. The van der Waals surface area contributed by atoms with Crippen LogP contribution in [-0.4, -0.2) is 41.1 Å². The molecule has 0 aliphatic carbocycles. The summed E-state index contributed by atoms with van der Waals surface area (Å²) in [4.78, 5) is 14.3. The summed E-state index contributed by atoms with van der Waals surface area (Å²) in [6, 6.07) is 2.89. The van der Waals surface area contributed by atoms with Gasteiger partial charge in [-0.15, -0.1) is 0 Å². The lowest BCUT2D eigenvalue weighted by Crippen LogP contribution is -2.48. The zero-order chi connectivity index (χ0) is 16.3. The average molecular weight is 312 g/mol. The van der Waals surface area contributed by atoms with E-state index in [4.69, 9.17) is 0 Å². The molecule has 1 aliphatic rings. The zero-order valence-corrected chi connectivity index (χ0v) is 12.9. The van der Waals surface area contributed by atoms with E-state index in [1.54, 1.807) is 13.8 Å². The van der Waals surface area contributed by atoms with Crippen LogP contribution in [0.3, 0.4) is 0 Å². The molecule has 1 saturated heterocycles. The molecule has 0 radical (unpaired) electrons. The first-order valence-electron chi connectivity index (χ1n) is 7.56. The number of carbonyl (C=O) groups excluding carboxylic acids is 1. The van der Waals surface area contributed by atoms with Crippen LogP contribution in [0.25, 0.3) is 0 Å². The van der Waals surface area contributed by atoms with Crippen molar-refractivity contribution in [1.29, 1.82) is 0 Å². The maximum Gasteiger partial charge on any atom is 0.241 e. The molecule has 2 rings (SSSR count). The van der Waals surface area contributed by atoms with Crippen LogP contribution in [0.2, 0.25) is 0 Å². The van der Waals surface area contributed by atoms with E-state index in [9.17, 15) is 18.7 Å². The third kappa shape index (κ3) is 4.01. The van der Waals surface area contributed by atoms with E-state index >= 15 is 0 Å². The number of benzene rings is 1. The second-order valence-electron chi connectivity index (χ2n) is 5.93. The van der Waals surface area contributed by atoms with Crippen LogP contribution >= 0.6 is 0 Å². The largest absolute Gasteiger partial charge is 0.393 e. The minimum absolute atomic E-state index is 0.160. The van der Waals surface area contributed by atoms with E-state index in [2.05, 4.69) is 5.32 Å². The SMILES string of the molecule is CC(O)C1CCCN(C(C)C(=O)Nc2ccc(F)c(F)c2)C1. The summed E-state index contributed by atoms with van der Waals surface area (Å²) in [5.41, 5.74) is 0.236. The standard InChI is InChI=1S/C16H22F2N2O2/c1-10(20-7-3-4-12(9-20)11(2)21)16(22)19-13-5-6-14(17)15(18)8-13/h5-6,8,10-12,21H,3-4,7,9H2,1-2H3,(H,19,22). The van der Waals surface area contributed by atoms with Gasteiger partial charge in [0.1, 0.15) is 0 Å². The minimum atomic E-state index is -0.988. The number of rotatable bonds is 4. The van der Waals surface area contributed by atoms with Gasteiger partial charge in [-0.1, -0.05) is 0 Å². The quantitative estimate of drug-likeness (QED) is 0.897. The van der Waals surface area contributed by atoms with Crippen molar-refractivity contribution in [2.45, 2.75) is 38.8 Å². The van der Waals surface area contributed by atoms with Crippen LogP contribution in [0.4, 0.5) is 14.5 Å². The van der Waals surface area contributed by atoms with Gasteiger partial charge in [0.15, 0.2) is 11.6 Å². The molecular weight excluding hydrogens is 290 g/mol. The molecule has 1 heterocycles. The monoisotopic (exact) mass is 312 g/mol. The Labute approximate surface area is 129 Å². The minimum Gasteiger partial charge on any atom is -0.393 e. The molecule has 22 heavy (non-hydrogen) atoms. The number of hydrogen-bond donors (Lipinski definition) is 2. The van der Waals surface area contributed by atoms with Crippen LogP contribution in [0.5, 0.6) is 0 Å². The van der Waals surface area contributed by atoms with Crippen LogP contribution < -0.4 is 5.32 Å². The van der Waals surface area contributed by atoms with Crippen molar-refractivity contribution in [3.63, 3.8) is 0 Å². The maximum atomic E-state index is 13.2. The number of carbonyl (C=O) groups is 1. The van der Waals surface area contributed by atoms with Gasteiger partial charge < -0.3 is 10.4 Å². The van der Waals surface area contributed by atoms with E-state index in [-0.39, 0.29) is 17.5 Å². The number of piperidine rings is 1. The lowest BCUT2D eigenvalue weighted by atomic mass is 9.92. The number of hydrogen-bond acceptors (Lipinski definition) is 3. The maximum absolute atomic E-state index is 13.2. The Morgan fingerprint density at radius 2 is 2.09 bits per heavy atom. The molecule has 122 valence electrons. The predicted molar refractivity (Wildman–Crippen MR) is 80.4 cm³/mol. The number of anilines is 1. The number of likely N-dealkylation sites (tertiary alicyclic amines) is 1. The van der Waals surface area contributed by atoms with Crippen LogP contribution in [-0.2, 0) is 4.79 Å². The van der Waals surface area contributed by atoms with Gasteiger partial charge in [-0.3, -0.25) is 9.69 Å². The Morgan fingerprint density at radius 1 is 1.36 bits per heavy atom. The molecule has 0 saturated carbocycles. The fraction of sp³-hybridized carbons (Fsp3) is 0.562. The van der Waals surface area contributed by atoms with Crippen molar-refractivity contribution < 1.29 is 18.7 Å². The topological polar surface area (TPSA) is 52.6 Å². The number of amides is 1. The van der Waals surface area contributed by atoms with E-state index in [0.29, 0.717) is 6.54 Å². The number of nitrogens with one attached hydrogen (secondary N) is 1. The molecule has 2 N–H and O–H groups in total. The molecule has 1 aliphatic heterocycles. The highest BCUT2D eigenvalue weighted by Crippen LogP contribution is 2.22. The Kier molecular flexibility index (Phi) is 5.47. The molecule has 1 aromatic rings. The lowest BCUT2D eigenvalue weighted by Gasteiger charge is -2.37. The molecular formula is C16H22F2N2O2. The van der Waals surface area contributed by atoms with Gasteiger partial charge in [0, 0.05) is 18.3 Å². The van der Waals surface area contributed by atoms with Crippen molar-refractivity contribution >= 4 is 11.6 Å². The van der Waals surface area contributed by atoms with Gasteiger partial charge in [0.25, 0.3) is 0 Å². The van der Waals surface area contributed by atoms with Crippen molar-refractivity contribution in [3.05, 3.63) is 29.8 Å². The number of nitrogens with zero attached hydrogens (tertiary/aromatic N) is 1. The van der Waals surface area contributed by atoms with Gasteiger partial charge in [0.2, 0.25) is 5.91 Å². The average Bonchev–Trinajstić information content (AvgIpc) is 2.50. The highest BCUT2D eigenvalue weighted by Gasteiger charge is 2.29. The second kappa shape index (κ2) is 7.15. The zero-order valence-electron chi connectivity index (χ0n) is 12.9. The van der Waals surface area contributed by atoms with E-state index in [0.717, 1.165) is 31.5 Å². The van der Waals surface area contributed by atoms with Gasteiger partial charge >= 0.3 is 0 Å². The first-order valence-corrected chi connectivity index (χ1v) is 7.56. The van der Waals surface area contributed by atoms with Gasteiger partial charge in [-0.05, 0) is 51.3 Å². The smallest absolute Gasteiger partial charge is 0.241 e. The molecule has 3 unspecified atom stereocenters. The Bertz CT molecular complexity index is 537. The molecule has 0 aromatic heterocycles. The van der Waals surface area contributed by atoms with Crippen molar-refractivity contribution in [2.24, 2.45) is 5.92 Å². The summed E-state index contributed by atoms with van der Waals surface area (Å²) in [7, 11) is 0. The Morgan fingerprint density at radius 3 is 2.73 bits per heavy atom. The van der Waals surface area contributed by atoms with Crippen LogP contribution in [0, 0.1) is 17.6 Å². The van der Waals surface area contributed by atoms with Crippen molar-refractivity contribution in [1.82, 2.24) is 4.90 Å². The molecule has 6 heteroatoms. The third-order valence-electron chi connectivity index (χ3n) is 4.29. The van der Waals surface area contributed by atoms with Gasteiger partial charge in [0.05, 0.1) is 12.1 Å². The third-order valence-corrected chi connectivity index (χ3v) is 4.29. The summed E-state index contributed by atoms with van der Waals surface area (Å²) in [5, 5.41) is 12.3. The Balaban J connectivity index is 1.97. The summed E-state index contributed by atoms with van der Waals surface area (Å²) >= 11 is 0. The molecule has 1 fully saturated rings. The van der Waals surface area contributed by atoms with Crippen LogP contribution in [0.1, 0.15) is 26.7 Å². The molecule has 1 aromatic carbocycles. The summed E-state index contributed by atoms with van der Waals surface area (Å²) in [6.45, 7) is 4.99. The van der Waals surface area contributed by atoms with Crippen molar-refractivity contribution in [3.8, 4) is 0 Å². The predicted octanol–water partition coefficient (Wildman–Crippen LogP) is 2.38. The molecule has 3 atom stereocenters. The normalized spacial score (nSPS) is 22.1. The number of aliphatic hydroxyl groups is 1. The highest BCUT2D eigenvalue weighted by atomic mass is 19.2.